The number of aliphatic hydroxyl groups excluding tert-OH is 1. The Labute approximate surface area is 192 Å². The molecule has 1 aliphatic rings. The Morgan fingerprint density at radius 1 is 1.19 bits per heavy atom. The van der Waals surface area contributed by atoms with Gasteiger partial charge in [-0.25, -0.2) is 4.79 Å². The Kier molecular flexibility index (Phi) is 5.99. The molecule has 32 heavy (non-hydrogen) atoms. The van der Waals surface area contributed by atoms with Crippen LogP contribution in [-0.2, 0) is 0 Å². The highest BCUT2D eigenvalue weighted by molar-refractivity contribution is 7.80. The Hall–Kier alpha value is -3.23. The van der Waals surface area contributed by atoms with E-state index in [2.05, 4.69) is 20.9 Å². The summed E-state index contributed by atoms with van der Waals surface area (Å²) in [7, 11) is 0. The molecule has 166 valence electrons. The molecule has 1 fully saturated rings. The number of carbonyl (C=O) groups is 1. The molecule has 0 spiro atoms. The summed E-state index contributed by atoms with van der Waals surface area (Å²) in [6.45, 7) is 6.39. The number of hydrogen-bond donors (Lipinski definition) is 3. The van der Waals surface area contributed by atoms with Crippen molar-refractivity contribution in [3.63, 3.8) is 0 Å². The van der Waals surface area contributed by atoms with E-state index in [1.54, 1.807) is 18.3 Å². The van der Waals surface area contributed by atoms with Gasteiger partial charge in [0.25, 0.3) is 0 Å². The minimum Gasteiger partial charge on any atom is -0.478 e. The van der Waals surface area contributed by atoms with Gasteiger partial charge in [-0.05, 0) is 74.4 Å². The van der Waals surface area contributed by atoms with Crippen LogP contribution in [-0.4, -0.2) is 48.9 Å². The fraction of sp³-hybridized carbons (Fsp3) is 0.292. The van der Waals surface area contributed by atoms with Crippen LogP contribution >= 0.6 is 12.2 Å². The van der Waals surface area contributed by atoms with Crippen molar-refractivity contribution in [2.75, 3.05) is 13.2 Å². The summed E-state index contributed by atoms with van der Waals surface area (Å²) in [5.74, 6) is -0.955. The summed E-state index contributed by atoms with van der Waals surface area (Å²) in [4.78, 5) is 18.1. The Morgan fingerprint density at radius 3 is 2.62 bits per heavy atom. The number of hydrogen-bond acceptors (Lipinski definition) is 4. The zero-order valence-corrected chi connectivity index (χ0v) is 19.1. The van der Waals surface area contributed by atoms with Gasteiger partial charge in [0.2, 0.25) is 0 Å². The first-order valence-corrected chi connectivity index (χ1v) is 10.9. The largest absolute Gasteiger partial charge is 0.478 e. The van der Waals surface area contributed by atoms with E-state index in [-0.39, 0.29) is 24.3 Å². The van der Waals surface area contributed by atoms with Crippen molar-refractivity contribution in [1.29, 1.82) is 0 Å². The lowest BCUT2D eigenvalue weighted by Crippen LogP contribution is -2.32. The van der Waals surface area contributed by atoms with Crippen molar-refractivity contribution in [3.8, 4) is 5.69 Å². The fourth-order valence-corrected chi connectivity index (χ4v) is 4.87. The first kappa shape index (κ1) is 22.0. The average Bonchev–Trinajstić information content (AvgIpc) is 3.25. The monoisotopic (exact) mass is 450 g/mol. The number of nitrogens with zero attached hydrogens (tertiary/aromatic N) is 3. The molecule has 2 aromatic heterocycles. The van der Waals surface area contributed by atoms with E-state index >= 15 is 0 Å². The Balaban J connectivity index is 1.86. The number of aryl methyl sites for hydroxylation is 2. The van der Waals surface area contributed by atoms with Crippen molar-refractivity contribution in [1.82, 2.24) is 19.8 Å². The maximum absolute atomic E-state index is 11.6. The van der Waals surface area contributed by atoms with Crippen LogP contribution in [0.2, 0.25) is 0 Å². The molecule has 3 heterocycles. The highest BCUT2D eigenvalue weighted by Crippen LogP contribution is 2.41. The van der Waals surface area contributed by atoms with Crippen LogP contribution in [0, 0.1) is 20.8 Å². The molecule has 2 atom stereocenters. The number of benzene rings is 1. The number of pyridine rings is 1. The molecule has 8 heteroatoms. The Morgan fingerprint density at radius 2 is 1.97 bits per heavy atom. The van der Waals surface area contributed by atoms with Crippen LogP contribution in [0.25, 0.3) is 5.69 Å². The van der Waals surface area contributed by atoms with Gasteiger partial charge in [0.15, 0.2) is 5.11 Å². The lowest BCUT2D eigenvalue weighted by molar-refractivity contribution is 0.0697. The van der Waals surface area contributed by atoms with Gasteiger partial charge in [0.1, 0.15) is 0 Å². The highest BCUT2D eigenvalue weighted by Gasteiger charge is 2.41. The van der Waals surface area contributed by atoms with Gasteiger partial charge in [-0.15, -0.1) is 0 Å². The minimum atomic E-state index is -0.955. The van der Waals surface area contributed by atoms with Crippen LogP contribution in [0.3, 0.4) is 0 Å². The molecule has 1 aliphatic heterocycles. The zero-order chi connectivity index (χ0) is 23.0. The maximum Gasteiger partial charge on any atom is 0.335 e. The number of thiocarbonyl (C=S) groups is 1. The number of carboxylic acids is 1. The molecule has 3 aromatic rings. The molecule has 4 rings (SSSR count). The summed E-state index contributed by atoms with van der Waals surface area (Å²) in [5, 5.41) is 23.1. The molecule has 0 bridgehead atoms. The van der Waals surface area contributed by atoms with E-state index in [0.717, 1.165) is 33.9 Å². The second-order valence-electron chi connectivity index (χ2n) is 8.01. The van der Waals surface area contributed by atoms with E-state index in [9.17, 15) is 15.0 Å². The standard InChI is InChI=1S/C24H26N4O3S/c1-14-7-8-17(23(30)31)13-20(14)28-15(2)12-18(16(28)3)22-21(19-6-4-5-9-25-19)26-24(32)27(22)10-11-29/h4-9,12-13,21-22,29H,10-11H2,1-3H3,(H,26,32)(H,30,31)/t21-,22-/m1/s1. The van der Waals surface area contributed by atoms with Crippen LogP contribution in [0.4, 0.5) is 0 Å². The van der Waals surface area contributed by atoms with Crippen LogP contribution < -0.4 is 5.32 Å². The molecule has 1 saturated heterocycles. The molecular weight excluding hydrogens is 424 g/mol. The molecule has 0 unspecified atom stereocenters. The second kappa shape index (κ2) is 8.72. The lowest BCUT2D eigenvalue weighted by Gasteiger charge is -2.27. The lowest BCUT2D eigenvalue weighted by atomic mass is 9.97. The number of aromatic carboxylic acids is 1. The van der Waals surface area contributed by atoms with Gasteiger partial charge in [-0.3, -0.25) is 4.98 Å². The van der Waals surface area contributed by atoms with Gasteiger partial charge in [0.05, 0.1) is 29.9 Å². The summed E-state index contributed by atoms with van der Waals surface area (Å²) in [6, 6.07) is 12.7. The fourth-order valence-electron chi connectivity index (χ4n) is 4.53. The van der Waals surface area contributed by atoms with Crippen molar-refractivity contribution in [3.05, 3.63) is 82.4 Å². The normalized spacial score (nSPS) is 18.1. The third-order valence-corrected chi connectivity index (χ3v) is 6.38. The molecule has 0 aliphatic carbocycles. The van der Waals surface area contributed by atoms with E-state index in [1.165, 1.54) is 0 Å². The molecule has 0 radical (unpaired) electrons. The van der Waals surface area contributed by atoms with Gasteiger partial charge in [-0.1, -0.05) is 12.1 Å². The van der Waals surface area contributed by atoms with Crippen molar-refractivity contribution in [2.24, 2.45) is 0 Å². The van der Waals surface area contributed by atoms with Gasteiger partial charge >= 0.3 is 5.97 Å². The van der Waals surface area contributed by atoms with Crippen molar-refractivity contribution < 1.29 is 15.0 Å². The van der Waals surface area contributed by atoms with E-state index in [1.807, 2.05) is 49.9 Å². The van der Waals surface area contributed by atoms with E-state index < -0.39 is 5.97 Å². The number of aromatic nitrogens is 2. The predicted octanol–water partition coefficient (Wildman–Crippen LogP) is 3.46. The Bertz CT molecular complexity index is 1180. The van der Waals surface area contributed by atoms with Gasteiger partial charge in [0, 0.05) is 29.8 Å². The highest BCUT2D eigenvalue weighted by atomic mass is 32.1. The first-order chi connectivity index (χ1) is 15.3. The van der Waals surface area contributed by atoms with Crippen LogP contribution in [0.1, 0.15) is 50.7 Å². The average molecular weight is 451 g/mol. The number of aliphatic hydroxyl groups is 1. The van der Waals surface area contributed by atoms with Crippen molar-refractivity contribution >= 4 is 23.3 Å². The molecular formula is C24H26N4O3S. The van der Waals surface area contributed by atoms with E-state index in [0.29, 0.717) is 11.7 Å². The van der Waals surface area contributed by atoms with Gasteiger partial charge in [-0.2, -0.15) is 0 Å². The second-order valence-corrected chi connectivity index (χ2v) is 8.40. The SMILES string of the molecule is Cc1ccc(C(=O)O)cc1-n1c(C)cc([C@@H]2[C@@H](c3ccccn3)NC(=S)N2CCO)c1C. The summed E-state index contributed by atoms with van der Waals surface area (Å²) < 4.78 is 2.09. The molecule has 7 nitrogen and oxygen atoms in total. The predicted molar refractivity (Wildman–Crippen MR) is 126 cm³/mol. The van der Waals surface area contributed by atoms with E-state index in [4.69, 9.17) is 12.2 Å². The maximum atomic E-state index is 11.6. The minimum absolute atomic E-state index is 0.0221. The molecule has 0 amide bonds. The molecule has 1 aromatic carbocycles. The van der Waals surface area contributed by atoms with Gasteiger partial charge < -0.3 is 25.0 Å². The smallest absolute Gasteiger partial charge is 0.335 e. The summed E-state index contributed by atoms with van der Waals surface area (Å²) in [6.07, 6.45) is 1.76. The number of β-amino-alcohol motifs (C(OH)–C–C–N with tert-alkyl or cyclic N) is 1. The summed E-state index contributed by atoms with van der Waals surface area (Å²) >= 11 is 5.61. The topological polar surface area (TPSA) is 90.6 Å². The molecule has 0 saturated carbocycles. The quantitative estimate of drug-likeness (QED) is 0.496. The molecule has 3 N–H and O–H groups in total. The number of nitrogens with one attached hydrogen (secondary N) is 1. The van der Waals surface area contributed by atoms with Crippen LogP contribution in [0.5, 0.6) is 0 Å². The zero-order valence-electron chi connectivity index (χ0n) is 18.2. The van der Waals surface area contributed by atoms with Crippen molar-refractivity contribution in [2.45, 2.75) is 32.9 Å². The first-order valence-electron chi connectivity index (χ1n) is 10.5. The van der Waals surface area contributed by atoms with Crippen LogP contribution in [0.15, 0.2) is 48.7 Å². The number of rotatable bonds is 6. The number of carboxylic acid groups (broad SMARTS) is 1. The summed E-state index contributed by atoms with van der Waals surface area (Å²) in [5.41, 5.74) is 5.97. The third-order valence-electron chi connectivity index (χ3n) is 6.02. The third kappa shape index (κ3) is 3.76.